The highest BCUT2D eigenvalue weighted by atomic mass is 16.3. The molecule has 0 spiro atoms. The third-order valence-corrected chi connectivity index (χ3v) is 3.51. The summed E-state index contributed by atoms with van der Waals surface area (Å²) < 4.78 is 0. The summed E-state index contributed by atoms with van der Waals surface area (Å²) in [5.74, 6) is 0.364. The zero-order valence-electron chi connectivity index (χ0n) is 11.5. The number of rotatable bonds is 5. The Hall–Kier alpha value is -1.59. The molecule has 2 atom stereocenters. The number of aliphatic hydroxyl groups is 1. The van der Waals surface area contributed by atoms with Gasteiger partial charge in [-0.05, 0) is 30.5 Å². The van der Waals surface area contributed by atoms with Crippen molar-refractivity contribution in [3.8, 4) is 0 Å². The number of aromatic amines is 2. The molecule has 5 nitrogen and oxygen atoms in total. The van der Waals surface area contributed by atoms with Gasteiger partial charge >= 0.3 is 5.69 Å². The summed E-state index contributed by atoms with van der Waals surface area (Å²) in [5.41, 5.74) is 2.51. The lowest BCUT2D eigenvalue weighted by atomic mass is 10.0. The van der Waals surface area contributed by atoms with Crippen LogP contribution in [0.2, 0.25) is 0 Å². The van der Waals surface area contributed by atoms with Crippen molar-refractivity contribution in [3.05, 3.63) is 34.2 Å². The van der Waals surface area contributed by atoms with Gasteiger partial charge in [-0.1, -0.05) is 19.9 Å². The van der Waals surface area contributed by atoms with Crippen LogP contribution in [0.15, 0.2) is 23.0 Å². The van der Waals surface area contributed by atoms with Crippen molar-refractivity contribution in [2.45, 2.75) is 32.9 Å². The SMILES string of the molecule is CC(NC(CO)C(C)C)c1ccc2[nH]c(=O)[nH]c2c1. The maximum absolute atomic E-state index is 11.2. The summed E-state index contributed by atoms with van der Waals surface area (Å²) in [5, 5.41) is 12.8. The molecule has 19 heavy (non-hydrogen) atoms. The molecule has 2 aromatic rings. The van der Waals surface area contributed by atoms with Crippen LogP contribution in [0.3, 0.4) is 0 Å². The smallest absolute Gasteiger partial charge is 0.323 e. The molecule has 1 aromatic carbocycles. The van der Waals surface area contributed by atoms with Crippen LogP contribution in [0.25, 0.3) is 11.0 Å². The van der Waals surface area contributed by atoms with Crippen LogP contribution in [-0.2, 0) is 0 Å². The Bertz CT molecular complexity index is 600. The molecule has 4 N–H and O–H groups in total. The fourth-order valence-corrected chi connectivity index (χ4v) is 2.19. The summed E-state index contributed by atoms with van der Waals surface area (Å²) in [6.45, 7) is 6.32. The van der Waals surface area contributed by atoms with Crippen LogP contribution in [0.1, 0.15) is 32.4 Å². The molecule has 0 radical (unpaired) electrons. The molecule has 0 aliphatic heterocycles. The average Bonchev–Trinajstić information content (AvgIpc) is 2.74. The molecule has 0 bridgehead atoms. The second-order valence-electron chi connectivity index (χ2n) is 5.31. The molecule has 5 heteroatoms. The average molecular weight is 263 g/mol. The lowest BCUT2D eigenvalue weighted by molar-refractivity contribution is 0.201. The second-order valence-corrected chi connectivity index (χ2v) is 5.31. The first-order chi connectivity index (χ1) is 9.01. The standard InChI is InChI=1S/C14H21N3O2/c1-8(2)13(7-18)15-9(3)10-4-5-11-12(6-10)17-14(19)16-11/h4-6,8-9,13,15,18H,7H2,1-3H3,(H2,16,17,19). The van der Waals surface area contributed by atoms with Crippen LogP contribution < -0.4 is 11.0 Å². The van der Waals surface area contributed by atoms with Crippen LogP contribution in [-0.4, -0.2) is 27.7 Å². The molecule has 0 saturated heterocycles. The zero-order chi connectivity index (χ0) is 14.0. The van der Waals surface area contributed by atoms with Gasteiger partial charge in [0.25, 0.3) is 0 Å². The van der Waals surface area contributed by atoms with E-state index in [1.807, 2.05) is 18.2 Å². The first kappa shape index (κ1) is 13.8. The molecule has 0 fully saturated rings. The monoisotopic (exact) mass is 263 g/mol. The molecular formula is C14H21N3O2. The van der Waals surface area contributed by atoms with Gasteiger partial charge in [-0.25, -0.2) is 4.79 Å². The van der Waals surface area contributed by atoms with Crippen molar-refractivity contribution in [2.24, 2.45) is 5.92 Å². The molecule has 1 aromatic heterocycles. The lowest BCUT2D eigenvalue weighted by Crippen LogP contribution is -2.38. The van der Waals surface area contributed by atoms with Crippen LogP contribution in [0, 0.1) is 5.92 Å². The third-order valence-electron chi connectivity index (χ3n) is 3.51. The van der Waals surface area contributed by atoms with Gasteiger partial charge in [0.2, 0.25) is 0 Å². The van der Waals surface area contributed by atoms with Gasteiger partial charge in [0.1, 0.15) is 0 Å². The Morgan fingerprint density at radius 3 is 2.53 bits per heavy atom. The molecule has 104 valence electrons. The molecule has 2 rings (SSSR count). The molecule has 2 unspecified atom stereocenters. The molecular weight excluding hydrogens is 242 g/mol. The number of aliphatic hydroxyl groups excluding tert-OH is 1. The summed E-state index contributed by atoms with van der Waals surface area (Å²) in [4.78, 5) is 16.7. The van der Waals surface area contributed by atoms with Crippen molar-refractivity contribution in [2.75, 3.05) is 6.61 Å². The first-order valence-corrected chi connectivity index (χ1v) is 6.60. The van der Waals surface area contributed by atoms with Crippen molar-refractivity contribution in [1.82, 2.24) is 15.3 Å². The van der Waals surface area contributed by atoms with Gasteiger partial charge in [0.15, 0.2) is 0 Å². The van der Waals surface area contributed by atoms with E-state index in [9.17, 15) is 9.90 Å². The predicted molar refractivity (Wildman–Crippen MR) is 76.2 cm³/mol. The van der Waals surface area contributed by atoms with E-state index in [1.54, 1.807) is 0 Å². The van der Waals surface area contributed by atoms with E-state index in [4.69, 9.17) is 0 Å². The van der Waals surface area contributed by atoms with Gasteiger partial charge in [-0.2, -0.15) is 0 Å². The number of benzene rings is 1. The number of aromatic nitrogens is 2. The van der Waals surface area contributed by atoms with Gasteiger partial charge in [-0.3, -0.25) is 0 Å². The molecule has 1 heterocycles. The number of hydrogen-bond donors (Lipinski definition) is 4. The van der Waals surface area contributed by atoms with E-state index in [0.717, 1.165) is 16.6 Å². The van der Waals surface area contributed by atoms with Gasteiger partial charge in [0.05, 0.1) is 17.6 Å². The Kier molecular flexibility index (Phi) is 4.07. The predicted octanol–water partition coefficient (Wildman–Crippen LogP) is 1.52. The fourth-order valence-electron chi connectivity index (χ4n) is 2.19. The maximum atomic E-state index is 11.2. The number of imidazole rings is 1. The Morgan fingerprint density at radius 2 is 1.89 bits per heavy atom. The maximum Gasteiger partial charge on any atom is 0.323 e. The minimum atomic E-state index is -0.192. The van der Waals surface area contributed by atoms with Crippen LogP contribution >= 0.6 is 0 Å². The minimum absolute atomic E-state index is 0.0657. The summed E-state index contributed by atoms with van der Waals surface area (Å²) in [6.07, 6.45) is 0. The fraction of sp³-hybridized carbons (Fsp3) is 0.500. The second kappa shape index (κ2) is 5.59. The Balaban J connectivity index is 2.20. The van der Waals surface area contributed by atoms with Crippen molar-refractivity contribution in [3.63, 3.8) is 0 Å². The summed E-state index contributed by atoms with van der Waals surface area (Å²) in [7, 11) is 0. The topological polar surface area (TPSA) is 80.9 Å². The van der Waals surface area contributed by atoms with E-state index in [1.165, 1.54) is 0 Å². The van der Waals surface area contributed by atoms with E-state index >= 15 is 0 Å². The summed E-state index contributed by atoms with van der Waals surface area (Å²) in [6, 6.07) is 6.01. The molecule has 0 amide bonds. The van der Waals surface area contributed by atoms with E-state index in [2.05, 4.69) is 36.1 Å². The van der Waals surface area contributed by atoms with Gasteiger partial charge in [-0.15, -0.1) is 0 Å². The van der Waals surface area contributed by atoms with Crippen molar-refractivity contribution in [1.29, 1.82) is 0 Å². The number of fused-ring (bicyclic) bond motifs is 1. The summed E-state index contributed by atoms with van der Waals surface area (Å²) >= 11 is 0. The molecule has 0 aliphatic carbocycles. The van der Waals surface area contributed by atoms with Gasteiger partial charge < -0.3 is 20.4 Å². The van der Waals surface area contributed by atoms with Gasteiger partial charge in [0, 0.05) is 12.1 Å². The largest absolute Gasteiger partial charge is 0.395 e. The van der Waals surface area contributed by atoms with Crippen LogP contribution in [0.4, 0.5) is 0 Å². The highest BCUT2D eigenvalue weighted by molar-refractivity contribution is 5.75. The zero-order valence-corrected chi connectivity index (χ0v) is 11.5. The number of hydrogen-bond acceptors (Lipinski definition) is 3. The third kappa shape index (κ3) is 3.05. The highest BCUT2D eigenvalue weighted by Gasteiger charge is 2.16. The highest BCUT2D eigenvalue weighted by Crippen LogP contribution is 2.18. The van der Waals surface area contributed by atoms with Crippen molar-refractivity contribution < 1.29 is 5.11 Å². The molecule has 0 saturated carbocycles. The van der Waals surface area contributed by atoms with Crippen LogP contribution in [0.5, 0.6) is 0 Å². The number of H-pyrrole nitrogens is 2. The van der Waals surface area contributed by atoms with E-state index in [0.29, 0.717) is 5.92 Å². The van der Waals surface area contributed by atoms with Crippen molar-refractivity contribution >= 4 is 11.0 Å². The normalized spacial score (nSPS) is 15.0. The lowest BCUT2D eigenvalue weighted by Gasteiger charge is -2.25. The first-order valence-electron chi connectivity index (χ1n) is 6.60. The number of nitrogens with one attached hydrogen (secondary N) is 3. The Labute approximate surface area is 112 Å². The quantitative estimate of drug-likeness (QED) is 0.660. The van der Waals surface area contributed by atoms with E-state index < -0.39 is 0 Å². The minimum Gasteiger partial charge on any atom is -0.395 e. The Morgan fingerprint density at radius 1 is 1.21 bits per heavy atom. The van der Waals surface area contributed by atoms with E-state index in [-0.39, 0.29) is 24.4 Å². The molecule has 0 aliphatic rings.